The summed E-state index contributed by atoms with van der Waals surface area (Å²) in [7, 11) is 0. The number of hydrogen-bond acceptors (Lipinski definition) is 10. The summed E-state index contributed by atoms with van der Waals surface area (Å²) in [5.74, 6) is -7.89. The number of fused-ring (bicyclic) bond motifs is 2. The van der Waals surface area contributed by atoms with Gasteiger partial charge in [-0.2, -0.15) is 26.3 Å². The lowest BCUT2D eigenvalue weighted by Gasteiger charge is -2.19. The molecule has 10 N–H and O–H groups in total. The van der Waals surface area contributed by atoms with E-state index in [2.05, 4.69) is 21.3 Å². The molecule has 0 saturated heterocycles. The third kappa shape index (κ3) is 16.1. The lowest BCUT2D eigenvalue weighted by atomic mass is 9.83. The van der Waals surface area contributed by atoms with Crippen LogP contribution in [0.2, 0.25) is 0 Å². The molecule has 4 aromatic carbocycles. The molecule has 4 amide bonds. The number of ketones is 2. The van der Waals surface area contributed by atoms with Gasteiger partial charge in [-0.3, -0.25) is 28.8 Å². The van der Waals surface area contributed by atoms with Crippen molar-refractivity contribution in [2.75, 3.05) is 23.7 Å². The summed E-state index contributed by atoms with van der Waals surface area (Å²) in [5.41, 5.74) is 15.1. The second kappa shape index (κ2) is 23.1. The van der Waals surface area contributed by atoms with Crippen molar-refractivity contribution in [1.29, 1.82) is 0 Å². The average molecular weight is 903 g/mol. The van der Waals surface area contributed by atoms with Crippen LogP contribution in [0.3, 0.4) is 0 Å². The number of alkyl halides is 6. The Kier molecular flexibility index (Phi) is 18.4. The van der Waals surface area contributed by atoms with Crippen LogP contribution < -0.4 is 32.7 Å². The van der Waals surface area contributed by atoms with E-state index in [0.29, 0.717) is 24.2 Å². The van der Waals surface area contributed by atoms with E-state index in [0.717, 1.165) is 11.1 Å². The molecule has 0 bridgehead atoms. The number of nitrogens with one attached hydrogen (secondary N) is 4. The molecule has 340 valence electrons. The SMILES string of the molecule is N[C@@H](Cc1ccccc1)C(=O)NCCC(=O)Nc1ccc2c(c1)C(=O)c1cc(NC(=O)CCNC(=O)[C@@H](N)Cc3ccccc3)ccc1C2=O.O=C(O)C(F)(F)F.O=C(O)C(F)(F)F. The van der Waals surface area contributed by atoms with Crippen molar-refractivity contribution in [3.63, 3.8) is 0 Å². The summed E-state index contributed by atoms with van der Waals surface area (Å²) < 4.78 is 63.5. The van der Waals surface area contributed by atoms with Gasteiger partial charge in [0.1, 0.15) is 0 Å². The standard InChI is InChI=1S/C38H38N6O6.2C2HF3O2/c39-31(19-23-7-3-1-4-8-23)37(49)41-17-15-33(45)43-25-11-13-27-29(21-25)36(48)30-22-26(12-14-28(30)35(27)47)44-34(46)16-18-42-38(50)32(40)20-24-9-5-2-6-10-24;2*3-2(4,5)1(6)7/h1-14,21-22,31-32H,15-20,39-40H2,(H,41,49)(H,42,50)(H,43,45)(H,44,46);2*(H,6,7)/t31-,32-;;/m0../s1. The minimum atomic E-state index is -5.08. The van der Waals surface area contributed by atoms with Gasteiger partial charge in [-0.1, -0.05) is 60.7 Å². The first-order chi connectivity index (χ1) is 30.0. The number of carboxylic acid groups (broad SMARTS) is 2. The molecule has 0 aromatic heterocycles. The Morgan fingerprint density at radius 1 is 0.516 bits per heavy atom. The van der Waals surface area contributed by atoms with E-state index >= 15 is 0 Å². The molecule has 1 aliphatic rings. The zero-order valence-corrected chi connectivity index (χ0v) is 33.2. The maximum atomic E-state index is 13.5. The molecule has 16 nitrogen and oxygen atoms in total. The van der Waals surface area contributed by atoms with Crippen molar-refractivity contribution in [1.82, 2.24) is 10.6 Å². The van der Waals surface area contributed by atoms with Crippen molar-refractivity contribution in [2.24, 2.45) is 11.5 Å². The predicted molar refractivity (Wildman–Crippen MR) is 216 cm³/mol. The van der Waals surface area contributed by atoms with Crippen LogP contribution in [0.15, 0.2) is 97.1 Å². The lowest BCUT2D eigenvalue weighted by Crippen LogP contribution is -2.42. The van der Waals surface area contributed by atoms with Gasteiger partial charge in [0.15, 0.2) is 11.6 Å². The highest BCUT2D eigenvalue weighted by Gasteiger charge is 2.39. The predicted octanol–water partition coefficient (Wildman–Crippen LogP) is 3.76. The summed E-state index contributed by atoms with van der Waals surface area (Å²) in [6.45, 7) is 0.122. The number of halogens is 6. The maximum absolute atomic E-state index is 13.5. The van der Waals surface area contributed by atoms with E-state index in [-0.39, 0.29) is 65.8 Å². The van der Waals surface area contributed by atoms with Crippen LogP contribution in [-0.2, 0) is 41.6 Å². The Morgan fingerprint density at radius 2 is 0.828 bits per heavy atom. The number of carboxylic acids is 2. The van der Waals surface area contributed by atoms with Gasteiger partial charge in [0.25, 0.3) is 0 Å². The molecule has 0 saturated carbocycles. The van der Waals surface area contributed by atoms with E-state index in [1.54, 1.807) is 0 Å². The average Bonchev–Trinajstić information content (AvgIpc) is 3.23. The first-order valence-electron chi connectivity index (χ1n) is 18.7. The Labute approximate surface area is 359 Å². The van der Waals surface area contributed by atoms with Crippen molar-refractivity contribution in [2.45, 2.75) is 50.1 Å². The molecule has 1 aliphatic carbocycles. The number of anilines is 2. The molecule has 0 fully saturated rings. The van der Waals surface area contributed by atoms with Crippen LogP contribution in [0.4, 0.5) is 37.7 Å². The van der Waals surface area contributed by atoms with Gasteiger partial charge in [0.05, 0.1) is 12.1 Å². The summed E-state index contributed by atoms with van der Waals surface area (Å²) in [4.78, 5) is 94.5. The number of rotatable bonds is 14. The van der Waals surface area contributed by atoms with Crippen LogP contribution in [0, 0.1) is 0 Å². The molecule has 22 heteroatoms. The number of carbonyl (C=O) groups excluding carboxylic acids is 6. The quantitative estimate of drug-likeness (QED) is 0.0741. The van der Waals surface area contributed by atoms with Gasteiger partial charge in [-0.05, 0) is 60.4 Å². The minimum absolute atomic E-state index is 0.0379. The molecule has 64 heavy (non-hydrogen) atoms. The molecule has 0 aliphatic heterocycles. The van der Waals surface area contributed by atoms with Gasteiger partial charge >= 0.3 is 24.3 Å². The first kappa shape index (κ1) is 50.9. The van der Waals surface area contributed by atoms with Crippen molar-refractivity contribution < 1.29 is 74.9 Å². The van der Waals surface area contributed by atoms with Crippen molar-refractivity contribution >= 4 is 58.5 Å². The van der Waals surface area contributed by atoms with E-state index < -0.39 is 54.0 Å². The van der Waals surface area contributed by atoms with E-state index in [9.17, 15) is 55.1 Å². The number of carbonyl (C=O) groups is 8. The molecule has 0 radical (unpaired) electrons. The van der Waals surface area contributed by atoms with Crippen LogP contribution in [0.5, 0.6) is 0 Å². The molecule has 4 aromatic rings. The smallest absolute Gasteiger partial charge is 0.475 e. The Bertz CT molecular complexity index is 2190. The Morgan fingerprint density at radius 3 is 1.14 bits per heavy atom. The molecule has 0 heterocycles. The molecular formula is C42H40F6N6O10. The van der Waals surface area contributed by atoms with Gasteiger partial charge in [0, 0.05) is 59.6 Å². The topological polar surface area (TPSA) is 277 Å². The monoisotopic (exact) mass is 902 g/mol. The number of benzene rings is 4. The number of aliphatic carboxylic acids is 2. The number of hydrogen-bond donors (Lipinski definition) is 8. The second-order valence-electron chi connectivity index (χ2n) is 13.6. The molecule has 0 spiro atoms. The molecule has 5 rings (SSSR count). The fourth-order valence-corrected chi connectivity index (χ4v) is 5.53. The zero-order chi connectivity index (χ0) is 47.8. The van der Waals surface area contributed by atoms with Crippen molar-refractivity contribution in [3.8, 4) is 0 Å². The van der Waals surface area contributed by atoms with E-state index in [1.807, 2.05) is 60.7 Å². The second-order valence-corrected chi connectivity index (χ2v) is 13.6. The molecular weight excluding hydrogens is 862 g/mol. The first-order valence-corrected chi connectivity index (χ1v) is 18.7. The third-order valence-electron chi connectivity index (χ3n) is 8.64. The molecule has 0 unspecified atom stereocenters. The van der Waals surface area contributed by atoms with Crippen LogP contribution in [0.1, 0.15) is 55.8 Å². The highest BCUT2D eigenvalue weighted by Crippen LogP contribution is 2.31. The summed E-state index contributed by atoms with van der Waals surface area (Å²) >= 11 is 0. The highest BCUT2D eigenvalue weighted by molar-refractivity contribution is 6.29. The molecule has 2 atom stereocenters. The van der Waals surface area contributed by atoms with Gasteiger partial charge < -0.3 is 42.9 Å². The summed E-state index contributed by atoms with van der Waals surface area (Å²) in [6.07, 6.45) is -9.51. The Balaban J connectivity index is 0.000000671. The van der Waals surface area contributed by atoms with Gasteiger partial charge in [-0.25, -0.2) is 9.59 Å². The third-order valence-corrected chi connectivity index (χ3v) is 8.64. The summed E-state index contributed by atoms with van der Waals surface area (Å²) in [6, 6.07) is 26.1. The summed E-state index contributed by atoms with van der Waals surface area (Å²) in [5, 5.41) is 25.0. The number of amides is 4. The van der Waals surface area contributed by atoms with Gasteiger partial charge in [-0.15, -0.1) is 0 Å². The lowest BCUT2D eigenvalue weighted by molar-refractivity contribution is -0.193. The van der Waals surface area contributed by atoms with Crippen molar-refractivity contribution in [3.05, 3.63) is 130 Å². The fraction of sp³-hybridized carbons (Fsp3) is 0.238. The largest absolute Gasteiger partial charge is 0.490 e. The van der Waals surface area contributed by atoms with Crippen LogP contribution in [0.25, 0.3) is 0 Å². The van der Waals surface area contributed by atoms with Crippen LogP contribution in [-0.4, -0.2) is 94.9 Å². The number of nitrogens with two attached hydrogens (primary N) is 2. The van der Waals surface area contributed by atoms with Crippen LogP contribution >= 0.6 is 0 Å². The van der Waals surface area contributed by atoms with E-state index in [4.69, 9.17) is 31.3 Å². The normalized spacial score (nSPS) is 12.6. The fourth-order valence-electron chi connectivity index (χ4n) is 5.53. The van der Waals surface area contributed by atoms with Gasteiger partial charge in [0.2, 0.25) is 23.6 Å². The zero-order valence-electron chi connectivity index (χ0n) is 33.2. The minimum Gasteiger partial charge on any atom is -0.475 e. The Hall–Kier alpha value is -7.46. The van der Waals surface area contributed by atoms with E-state index in [1.165, 1.54) is 36.4 Å². The maximum Gasteiger partial charge on any atom is 0.490 e. The highest BCUT2D eigenvalue weighted by atomic mass is 19.4.